The van der Waals surface area contributed by atoms with E-state index in [2.05, 4.69) is 19.2 Å². The molecule has 1 saturated carbocycles. The highest BCUT2D eigenvalue weighted by atomic mass is 16.5. The van der Waals surface area contributed by atoms with Gasteiger partial charge in [0.25, 0.3) is 0 Å². The topological polar surface area (TPSA) is 38.3 Å². The van der Waals surface area contributed by atoms with Crippen LogP contribution in [0, 0.1) is 11.8 Å². The minimum Gasteiger partial charge on any atom is -0.468 e. The molecule has 0 radical (unpaired) electrons. The lowest BCUT2D eigenvalue weighted by Crippen LogP contribution is -2.40. The Morgan fingerprint density at radius 1 is 1.67 bits per heavy atom. The molecular weight excluding hydrogens is 154 g/mol. The summed E-state index contributed by atoms with van der Waals surface area (Å²) in [5, 5.41) is 3.06. The molecule has 0 aromatic carbocycles. The molecule has 1 N–H and O–H groups in total. The lowest BCUT2D eigenvalue weighted by molar-refractivity contribution is -0.144. The normalized spacial score (nSPS) is 33.6. The highest BCUT2D eigenvalue weighted by Gasteiger charge is 2.61. The molecular formula is C9H17NO2. The number of methoxy groups -OCH3 is 1. The first-order chi connectivity index (χ1) is 5.58. The van der Waals surface area contributed by atoms with E-state index in [0.717, 1.165) is 6.42 Å². The molecule has 3 nitrogen and oxygen atoms in total. The first-order valence-corrected chi connectivity index (χ1v) is 4.36. The van der Waals surface area contributed by atoms with E-state index < -0.39 is 0 Å². The summed E-state index contributed by atoms with van der Waals surface area (Å²) in [5.74, 6) is 0.857. The lowest BCUT2D eigenvalue weighted by Gasteiger charge is -2.15. The van der Waals surface area contributed by atoms with Crippen LogP contribution >= 0.6 is 0 Å². The van der Waals surface area contributed by atoms with Crippen molar-refractivity contribution in [1.82, 2.24) is 5.32 Å². The van der Waals surface area contributed by atoms with E-state index in [4.69, 9.17) is 4.74 Å². The van der Waals surface area contributed by atoms with Crippen LogP contribution in [-0.2, 0) is 9.53 Å². The molecule has 0 saturated heterocycles. The minimum absolute atomic E-state index is 0.122. The molecule has 0 aromatic rings. The first-order valence-electron chi connectivity index (χ1n) is 4.36. The van der Waals surface area contributed by atoms with Crippen molar-refractivity contribution in [2.75, 3.05) is 14.2 Å². The number of hydrogen-bond acceptors (Lipinski definition) is 3. The van der Waals surface area contributed by atoms with Crippen molar-refractivity contribution in [3.05, 3.63) is 0 Å². The molecule has 0 spiro atoms. The summed E-state index contributed by atoms with van der Waals surface area (Å²) >= 11 is 0. The van der Waals surface area contributed by atoms with E-state index in [0.29, 0.717) is 11.8 Å². The second-order valence-corrected chi connectivity index (χ2v) is 3.77. The molecule has 1 fully saturated rings. The van der Waals surface area contributed by atoms with Crippen LogP contribution in [0.25, 0.3) is 0 Å². The summed E-state index contributed by atoms with van der Waals surface area (Å²) in [4.78, 5) is 11.4. The highest BCUT2D eigenvalue weighted by Crippen LogP contribution is 2.48. The Bertz CT molecular complexity index is 191. The van der Waals surface area contributed by atoms with Gasteiger partial charge in [-0.15, -0.1) is 0 Å². The SMILES string of the molecule is CNC1(C(=O)OC)CC1C(C)C. The molecule has 0 aromatic heterocycles. The highest BCUT2D eigenvalue weighted by molar-refractivity contribution is 5.85. The van der Waals surface area contributed by atoms with Gasteiger partial charge in [0.05, 0.1) is 7.11 Å². The molecule has 0 aliphatic heterocycles. The fourth-order valence-electron chi connectivity index (χ4n) is 1.90. The molecule has 0 amide bonds. The van der Waals surface area contributed by atoms with Gasteiger partial charge in [-0.25, -0.2) is 0 Å². The number of carbonyl (C=O) groups is 1. The Morgan fingerprint density at radius 3 is 2.50 bits per heavy atom. The Kier molecular flexibility index (Phi) is 2.42. The predicted molar refractivity (Wildman–Crippen MR) is 46.8 cm³/mol. The minimum atomic E-state index is -0.372. The molecule has 2 unspecified atom stereocenters. The van der Waals surface area contributed by atoms with E-state index in [-0.39, 0.29) is 11.5 Å². The number of nitrogens with one attached hydrogen (secondary N) is 1. The standard InChI is InChI=1S/C9H17NO2/c1-6(2)7-5-9(7,10-3)8(11)12-4/h6-7,10H,5H2,1-4H3. The molecule has 1 aliphatic rings. The number of rotatable bonds is 3. The van der Waals surface area contributed by atoms with Crippen LogP contribution in [0.5, 0.6) is 0 Å². The maximum atomic E-state index is 11.4. The Morgan fingerprint density at radius 2 is 2.25 bits per heavy atom. The average molecular weight is 171 g/mol. The third-order valence-electron chi connectivity index (χ3n) is 2.82. The lowest BCUT2D eigenvalue weighted by atomic mass is 10.0. The van der Waals surface area contributed by atoms with Crippen LogP contribution in [0.1, 0.15) is 20.3 Å². The van der Waals surface area contributed by atoms with Gasteiger partial charge in [0.2, 0.25) is 0 Å². The summed E-state index contributed by atoms with van der Waals surface area (Å²) < 4.78 is 4.75. The van der Waals surface area contributed by atoms with Gasteiger partial charge in [-0.05, 0) is 25.3 Å². The zero-order valence-corrected chi connectivity index (χ0v) is 8.18. The van der Waals surface area contributed by atoms with Gasteiger partial charge >= 0.3 is 5.97 Å². The van der Waals surface area contributed by atoms with E-state index in [1.807, 2.05) is 7.05 Å². The van der Waals surface area contributed by atoms with Crippen molar-refractivity contribution in [2.24, 2.45) is 11.8 Å². The van der Waals surface area contributed by atoms with Gasteiger partial charge in [0.1, 0.15) is 5.54 Å². The van der Waals surface area contributed by atoms with Crippen LogP contribution in [0.4, 0.5) is 0 Å². The van der Waals surface area contributed by atoms with Crippen LogP contribution in [0.2, 0.25) is 0 Å². The Balaban J connectivity index is 2.64. The van der Waals surface area contributed by atoms with Crippen molar-refractivity contribution < 1.29 is 9.53 Å². The molecule has 0 bridgehead atoms. The third kappa shape index (κ3) is 1.22. The van der Waals surface area contributed by atoms with Crippen molar-refractivity contribution >= 4 is 5.97 Å². The zero-order chi connectivity index (χ0) is 9.35. The van der Waals surface area contributed by atoms with E-state index >= 15 is 0 Å². The number of likely N-dealkylation sites (N-methyl/N-ethyl adjacent to an activating group) is 1. The number of carbonyl (C=O) groups excluding carboxylic acids is 1. The van der Waals surface area contributed by atoms with E-state index in [1.165, 1.54) is 7.11 Å². The molecule has 70 valence electrons. The molecule has 1 aliphatic carbocycles. The summed E-state index contributed by atoms with van der Waals surface area (Å²) in [7, 11) is 3.26. The van der Waals surface area contributed by atoms with Gasteiger partial charge in [-0.3, -0.25) is 4.79 Å². The second kappa shape index (κ2) is 3.05. The fourth-order valence-corrected chi connectivity index (χ4v) is 1.90. The zero-order valence-electron chi connectivity index (χ0n) is 8.18. The molecule has 12 heavy (non-hydrogen) atoms. The summed E-state index contributed by atoms with van der Waals surface area (Å²) in [6.07, 6.45) is 0.911. The van der Waals surface area contributed by atoms with Gasteiger partial charge in [0, 0.05) is 0 Å². The van der Waals surface area contributed by atoms with Gasteiger partial charge in [0.15, 0.2) is 0 Å². The number of esters is 1. The summed E-state index contributed by atoms with van der Waals surface area (Å²) in [6, 6.07) is 0. The quantitative estimate of drug-likeness (QED) is 0.638. The van der Waals surface area contributed by atoms with Crippen LogP contribution in [-0.4, -0.2) is 25.7 Å². The van der Waals surface area contributed by atoms with E-state index in [9.17, 15) is 4.79 Å². The average Bonchev–Trinajstić information content (AvgIpc) is 2.79. The van der Waals surface area contributed by atoms with Crippen molar-refractivity contribution in [1.29, 1.82) is 0 Å². The molecule has 0 heterocycles. The van der Waals surface area contributed by atoms with Crippen molar-refractivity contribution in [3.8, 4) is 0 Å². The Hall–Kier alpha value is -0.570. The Labute approximate surface area is 73.5 Å². The third-order valence-corrected chi connectivity index (χ3v) is 2.82. The van der Waals surface area contributed by atoms with E-state index in [1.54, 1.807) is 0 Å². The van der Waals surface area contributed by atoms with Gasteiger partial charge in [-0.2, -0.15) is 0 Å². The maximum Gasteiger partial charge on any atom is 0.326 e. The number of ether oxygens (including phenoxy) is 1. The van der Waals surface area contributed by atoms with Gasteiger partial charge < -0.3 is 10.1 Å². The van der Waals surface area contributed by atoms with Crippen LogP contribution in [0.15, 0.2) is 0 Å². The summed E-state index contributed by atoms with van der Waals surface area (Å²) in [5.41, 5.74) is -0.372. The van der Waals surface area contributed by atoms with Crippen molar-refractivity contribution in [2.45, 2.75) is 25.8 Å². The van der Waals surface area contributed by atoms with Crippen LogP contribution < -0.4 is 5.32 Å². The fraction of sp³-hybridized carbons (Fsp3) is 0.889. The molecule has 1 rings (SSSR count). The second-order valence-electron chi connectivity index (χ2n) is 3.77. The number of hydrogen-bond donors (Lipinski definition) is 1. The molecule has 3 heteroatoms. The summed E-state index contributed by atoms with van der Waals surface area (Å²) in [6.45, 7) is 4.26. The molecule has 2 atom stereocenters. The monoisotopic (exact) mass is 171 g/mol. The first kappa shape index (κ1) is 9.52. The largest absolute Gasteiger partial charge is 0.468 e. The van der Waals surface area contributed by atoms with Gasteiger partial charge in [-0.1, -0.05) is 13.8 Å². The smallest absolute Gasteiger partial charge is 0.326 e. The van der Waals surface area contributed by atoms with Crippen molar-refractivity contribution in [3.63, 3.8) is 0 Å². The van der Waals surface area contributed by atoms with Crippen LogP contribution in [0.3, 0.4) is 0 Å². The maximum absolute atomic E-state index is 11.4. The predicted octanol–water partition coefficient (Wildman–Crippen LogP) is 0.793.